The molecular weight excluding hydrogens is 166 g/mol. The minimum Gasteiger partial charge on any atom is -0.396 e. The first kappa shape index (κ1) is 11.0. The summed E-state index contributed by atoms with van der Waals surface area (Å²) in [6, 6.07) is 0. The van der Waals surface area contributed by atoms with E-state index in [1.54, 1.807) is 7.11 Å². The summed E-state index contributed by atoms with van der Waals surface area (Å²) in [5.74, 6) is 0.469. The highest BCUT2D eigenvalue weighted by Crippen LogP contribution is 2.24. The molecule has 0 amide bonds. The van der Waals surface area contributed by atoms with E-state index in [9.17, 15) is 0 Å². The van der Waals surface area contributed by atoms with Gasteiger partial charge in [0.1, 0.15) is 0 Å². The first-order valence-corrected chi connectivity index (χ1v) is 4.95. The van der Waals surface area contributed by atoms with Gasteiger partial charge in [0.05, 0.1) is 6.61 Å². The summed E-state index contributed by atoms with van der Waals surface area (Å²) in [5, 5.41) is 9.02. The van der Waals surface area contributed by atoms with Gasteiger partial charge in [-0.15, -0.1) is 0 Å². The van der Waals surface area contributed by atoms with Crippen molar-refractivity contribution in [3.05, 3.63) is 0 Å². The Morgan fingerprint density at radius 2 is 2.23 bits per heavy atom. The van der Waals surface area contributed by atoms with Crippen molar-refractivity contribution in [2.24, 2.45) is 5.92 Å². The molecule has 3 heteroatoms. The monoisotopic (exact) mass is 187 g/mol. The molecule has 1 saturated heterocycles. The molecule has 1 heterocycles. The highest BCUT2D eigenvalue weighted by atomic mass is 16.5. The lowest BCUT2D eigenvalue weighted by Gasteiger charge is -2.34. The Hall–Kier alpha value is -0.120. The van der Waals surface area contributed by atoms with Crippen molar-refractivity contribution in [3.63, 3.8) is 0 Å². The Morgan fingerprint density at radius 1 is 1.54 bits per heavy atom. The molecule has 1 fully saturated rings. The smallest absolute Gasteiger partial charge is 0.0641 e. The second-order valence-corrected chi connectivity index (χ2v) is 4.53. The number of rotatable bonds is 4. The van der Waals surface area contributed by atoms with Crippen LogP contribution < -0.4 is 0 Å². The van der Waals surface area contributed by atoms with Crippen LogP contribution in [-0.4, -0.2) is 49.0 Å². The molecule has 0 aromatic rings. The van der Waals surface area contributed by atoms with Crippen LogP contribution in [-0.2, 0) is 4.74 Å². The Bertz CT molecular complexity index is 159. The fourth-order valence-electron chi connectivity index (χ4n) is 1.98. The predicted octanol–water partition coefficient (Wildman–Crippen LogP) is 0.726. The second-order valence-electron chi connectivity index (χ2n) is 4.53. The molecule has 1 aliphatic rings. The molecule has 1 atom stereocenters. The maximum Gasteiger partial charge on any atom is 0.0641 e. The molecule has 13 heavy (non-hydrogen) atoms. The predicted molar refractivity (Wildman–Crippen MR) is 52.7 cm³/mol. The molecule has 0 spiro atoms. The Labute approximate surface area is 80.7 Å². The maximum absolute atomic E-state index is 9.02. The second kappa shape index (κ2) is 4.40. The van der Waals surface area contributed by atoms with Gasteiger partial charge in [0.15, 0.2) is 0 Å². The van der Waals surface area contributed by atoms with Crippen LogP contribution in [0, 0.1) is 5.92 Å². The first-order valence-electron chi connectivity index (χ1n) is 4.95. The van der Waals surface area contributed by atoms with Gasteiger partial charge in [-0.1, -0.05) is 0 Å². The summed E-state index contributed by atoms with van der Waals surface area (Å²) in [5.41, 5.74) is 0.110. The van der Waals surface area contributed by atoms with Crippen LogP contribution in [0.5, 0.6) is 0 Å². The number of ether oxygens (including phenoxy) is 1. The van der Waals surface area contributed by atoms with Crippen molar-refractivity contribution in [3.8, 4) is 0 Å². The fraction of sp³-hybridized carbons (Fsp3) is 1.00. The standard InChI is InChI=1S/C10H21NO2/c1-10(2,8-13-3)11-5-4-9(6-11)7-12/h9,12H,4-8H2,1-3H3. The van der Waals surface area contributed by atoms with Crippen molar-refractivity contribution in [1.82, 2.24) is 4.90 Å². The van der Waals surface area contributed by atoms with E-state index in [-0.39, 0.29) is 5.54 Å². The van der Waals surface area contributed by atoms with E-state index in [4.69, 9.17) is 9.84 Å². The Morgan fingerprint density at radius 3 is 2.69 bits per heavy atom. The van der Waals surface area contributed by atoms with E-state index in [1.165, 1.54) is 0 Å². The van der Waals surface area contributed by atoms with Gasteiger partial charge in [-0.3, -0.25) is 4.90 Å². The molecule has 0 aliphatic carbocycles. The van der Waals surface area contributed by atoms with Crippen LogP contribution in [0.4, 0.5) is 0 Å². The number of aliphatic hydroxyl groups is 1. The molecule has 1 rings (SSSR count). The molecule has 1 unspecified atom stereocenters. The van der Waals surface area contributed by atoms with Gasteiger partial charge in [-0.2, -0.15) is 0 Å². The number of methoxy groups -OCH3 is 1. The summed E-state index contributed by atoms with van der Waals surface area (Å²) in [4.78, 5) is 2.40. The van der Waals surface area contributed by atoms with E-state index in [0.717, 1.165) is 26.1 Å². The first-order chi connectivity index (χ1) is 6.10. The lowest BCUT2D eigenvalue weighted by Crippen LogP contribution is -2.46. The molecule has 0 radical (unpaired) electrons. The number of hydrogen-bond acceptors (Lipinski definition) is 3. The SMILES string of the molecule is COCC(C)(C)N1CCC(CO)C1. The average Bonchev–Trinajstić information content (AvgIpc) is 2.52. The van der Waals surface area contributed by atoms with Crippen LogP contribution in [0.15, 0.2) is 0 Å². The van der Waals surface area contributed by atoms with Gasteiger partial charge in [0.25, 0.3) is 0 Å². The molecule has 1 N–H and O–H groups in total. The van der Waals surface area contributed by atoms with Gasteiger partial charge in [-0.05, 0) is 32.7 Å². The topological polar surface area (TPSA) is 32.7 Å². The Kier molecular flexibility index (Phi) is 3.71. The van der Waals surface area contributed by atoms with E-state index < -0.39 is 0 Å². The minimum atomic E-state index is 0.110. The van der Waals surface area contributed by atoms with Crippen LogP contribution >= 0.6 is 0 Å². The van der Waals surface area contributed by atoms with Crippen molar-refractivity contribution < 1.29 is 9.84 Å². The number of hydrogen-bond donors (Lipinski definition) is 1. The largest absolute Gasteiger partial charge is 0.396 e. The third-order valence-corrected chi connectivity index (χ3v) is 2.90. The van der Waals surface area contributed by atoms with Crippen LogP contribution in [0.1, 0.15) is 20.3 Å². The molecule has 0 saturated carbocycles. The molecule has 3 nitrogen and oxygen atoms in total. The van der Waals surface area contributed by atoms with Crippen LogP contribution in [0.2, 0.25) is 0 Å². The van der Waals surface area contributed by atoms with Crippen molar-refractivity contribution in [1.29, 1.82) is 0 Å². The third-order valence-electron chi connectivity index (χ3n) is 2.90. The minimum absolute atomic E-state index is 0.110. The molecule has 0 bridgehead atoms. The van der Waals surface area contributed by atoms with Crippen molar-refractivity contribution in [2.75, 3.05) is 33.4 Å². The normalized spacial score (nSPS) is 25.4. The lowest BCUT2D eigenvalue weighted by molar-refractivity contribution is 0.0448. The van der Waals surface area contributed by atoms with Gasteiger partial charge < -0.3 is 9.84 Å². The zero-order chi connectivity index (χ0) is 9.90. The van der Waals surface area contributed by atoms with Crippen molar-refractivity contribution in [2.45, 2.75) is 25.8 Å². The highest BCUT2D eigenvalue weighted by molar-refractivity contribution is 4.87. The molecule has 0 aromatic carbocycles. The van der Waals surface area contributed by atoms with Crippen LogP contribution in [0.25, 0.3) is 0 Å². The van der Waals surface area contributed by atoms with E-state index in [2.05, 4.69) is 18.7 Å². The van der Waals surface area contributed by atoms with Crippen molar-refractivity contribution >= 4 is 0 Å². The molecule has 0 aromatic heterocycles. The quantitative estimate of drug-likeness (QED) is 0.704. The van der Waals surface area contributed by atoms with E-state index in [1.807, 2.05) is 0 Å². The zero-order valence-electron chi connectivity index (χ0n) is 8.92. The third kappa shape index (κ3) is 2.66. The van der Waals surface area contributed by atoms with Gasteiger partial charge in [-0.25, -0.2) is 0 Å². The highest BCUT2D eigenvalue weighted by Gasteiger charge is 2.32. The van der Waals surface area contributed by atoms with Gasteiger partial charge >= 0.3 is 0 Å². The van der Waals surface area contributed by atoms with Crippen LogP contribution in [0.3, 0.4) is 0 Å². The number of nitrogens with zero attached hydrogens (tertiary/aromatic N) is 1. The molecular formula is C10H21NO2. The average molecular weight is 187 g/mol. The van der Waals surface area contributed by atoms with E-state index in [0.29, 0.717) is 12.5 Å². The number of aliphatic hydroxyl groups excluding tert-OH is 1. The lowest BCUT2D eigenvalue weighted by atomic mass is 10.1. The fourth-order valence-corrected chi connectivity index (χ4v) is 1.98. The Balaban J connectivity index is 2.44. The zero-order valence-corrected chi connectivity index (χ0v) is 8.92. The van der Waals surface area contributed by atoms with Gasteiger partial charge in [0.2, 0.25) is 0 Å². The maximum atomic E-state index is 9.02. The summed E-state index contributed by atoms with van der Waals surface area (Å²) in [7, 11) is 1.74. The van der Waals surface area contributed by atoms with E-state index >= 15 is 0 Å². The summed E-state index contributed by atoms with van der Waals surface area (Å²) in [6.07, 6.45) is 1.11. The molecule has 78 valence electrons. The van der Waals surface area contributed by atoms with Gasteiger partial charge in [0, 0.05) is 25.8 Å². The molecule has 1 aliphatic heterocycles. The summed E-state index contributed by atoms with van der Waals surface area (Å²) in [6.45, 7) is 7.55. The summed E-state index contributed by atoms with van der Waals surface area (Å²) >= 11 is 0. The summed E-state index contributed by atoms with van der Waals surface area (Å²) < 4.78 is 5.18. The number of likely N-dealkylation sites (tertiary alicyclic amines) is 1.